The lowest BCUT2D eigenvalue weighted by Gasteiger charge is -2.07. The minimum atomic E-state index is -1.87. The molecule has 0 aliphatic carbocycles. The molecule has 2 heterocycles. The maximum Gasteiger partial charge on any atom is 0.250 e. The SMILES string of the molecule is NC(=O)c1cnc2cncc(-c3ccc(CS(=O)O)cc3)c2c1. The number of fused-ring (bicyclic) bond motifs is 1. The molecule has 0 radical (unpaired) electrons. The molecule has 0 fully saturated rings. The van der Waals surface area contributed by atoms with Crippen molar-refractivity contribution in [3.8, 4) is 11.1 Å². The van der Waals surface area contributed by atoms with Crippen LogP contribution in [0.1, 0.15) is 15.9 Å². The van der Waals surface area contributed by atoms with Crippen molar-refractivity contribution in [2.24, 2.45) is 5.73 Å². The Morgan fingerprint density at radius 3 is 2.57 bits per heavy atom. The molecule has 23 heavy (non-hydrogen) atoms. The van der Waals surface area contributed by atoms with Gasteiger partial charge in [-0.15, -0.1) is 0 Å². The molecule has 2 aromatic heterocycles. The number of aromatic nitrogens is 2. The van der Waals surface area contributed by atoms with Crippen molar-refractivity contribution in [2.75, 3.05) is 0 Å². The molecule has 1 amide bonds. The van der Waals surface area contributed by atoms with E-state index in [2.05, 4.69) is 9.97 Å². The molecule has 1 aromatic carbocycles. The van der Waals surface area contributed by atoms with Crippen LogP contribution in [0, 0.1) is 0 Å². The quantitative estimate of drug-likeness (QED) is 0.714. The summed E-state index contributed by atoms with van der Waals surface area (Å²) in [5, 5.41) is 0.773. The van der Waals surface area contributed by atoms with E-state index >= 15 is 0 Å². The molecule has 3 aromatic rings. The number of rotatable bonds is 4. The molecule has 3 rings (SSSR count). The highest BCUT2D eigenvalue weighted by atomic mass is 32.2. The summed E-state index contributed by atoms with van der Waals surface area (Å²) >= 11 is -1.87. The van der Waals surface area contributed by atoms with Gasteiger partial charge < -0.3 is 10.3 Å². The Labute approximate surface area is 134 Å². The van der Waals surface area contributed by atoms with Crippen molar-refractivity contribution in [3.05, 3.63) is 60.0 Å². The number of hydrogen-bond acceptors (Lipinski definition) is 4. The smallest absolute Gasteiger partial charge is 0.250 e. The summed E-state index contributed by atoms with van der Waals surface area (Å²) in [5.41, 5.74) is 8.76. The second-order valence-electron chi connectivity index (χ2n) is 5.00. The second-order valence-corrected chi connectivity index (χ2v) is 5.94. The lowest BCUT2D eigenvalue weighted by atomic mass is 10.0. The van der Waals surface area contributed by atoms with E-state index in [1.54, 1.807) is 30.6 Å². The number of carbonyl (C=O) groups excluding carboxylic acids is 1. The van der Waals surface area contributed by atoms with Crippen molar-refractivity contribution >= 4 is 27.9 Å². The van der Waals surface area contributed by atoms with E-state index in [-0.39, 0.29) is 5.75 Å². The van der Waals surface area contributed by atoms with E-state index in [1.807, 2.05) is 12.1 Å². The molecule has 7 heteroatoms. The molecule has 0 spiro atoms. The first-order chi connectivity index (χ1) is 11.0. The average Bonchev–Trinajstić information content (AvgIpc) is 2.54. The van der Waals surface area contributed by atoms with Crippen LogP contribution in [0.4, 0.5) is 0 Å². The van der Waals surface area contributed by atoms with Crippen LogP contribution in [-0.2, 0) is 16.8 Å². The van der Waals surface area contributed by atoms with Crippen LogP contribution in [0.3, 0.4) is 0 Å². The third-order valence-corrected chi connectivity index (χ3v) is 4.03. The first kappa shape index (κ1) is 15.3. The van der Waals surface area contributed by atoms with Crippen LogP contribution >= 0.6 is 0 Å². The molecule has 6 nitrogen and oxygen atoms in total. The predicted molar refractivity (Wildman–Crippen MR) is 88.0 cm³/mol. The van der Waals surface area contributed by atoms with Crippen molar-refractivity contribution in [1.82, 2.24) is 9.97 Å². The molecule has 0 aliphatic heterocycles. The first-order valence-electron chi connectivity index (χ1n) is 6.75. The predicted octanol–water partition coefficient (Wildman–Crippen LogP) is 2.12. The number of hydrogen-bond donors (Lipinski definition) is 2. The summed E-state index contributed by atoms with van der Waals surface area (Å²) < 4.78 is 19.8. The number of primary amides is 1. The number of nitrogens with two attached hydrogens (primary N) is 1. The van der Waals surface area contributed by atoms with Crippen LogP contribution in [0.15, 0.2) is 48.9 Å². The Bertz CT molecular complexity index is 910. The minimum Gasteiger partial charge on any atom is -0.366 e. The van der Waals surface area contributed by atoms with Gasteiger partial charge >= 0.3 is 0 Å². The molecular weight excluding hydrogens is 314 g/mol. The van der Waals surface area contributed by atoms with Gasteiger partial charge in [0.1, 0.15) is 0 Å². The Balaban J connectivity index is 2.09. The normalized spacial score (nSPS) is 12.2. The van der Waals surface area contributed by atoms with Gasteiger partial charge in [0.15, 0.2) is 11.1 Å². The van der Waals surface area contributed by atoms with Crippen LogP contribution in [0.5, 0.6) is 0 Å². The topological polar surface area (TPSA) is 106 Å². The van der Waals surface area contributed by atoms with Gasteiger partial charge in [-0.25, -0.2) is 4.21 Å². The third kappa shape index (κ3) is 3.25. The van der Waals surface area contributed by atoms with Gasteiger partial charge in [0.25, 0.3) is 0 Å². The maximum absolute atomic E-state index is 11.4. The van der Waals surface area contributed by atoms with E-state index < -0.39 is 17.0 Å². The summed E-state index contributed by atoms with van der Waals surface area (Å²) in [6.07, 6.45) is 4.73. The highest BCUT2D eigenvalue weighted by Gasteiger charge is 2.09. The molecule has 116 valence electrons. The summed E-state index contributed by atoms with van der Waals surface area (Å²) in [6, 6.07) is 8.95. The zero-order chi connectivity index (χ0) is 16.4. The third-order valence-electron chi connectivity index (χ3n) is 3.45. The van der Waals surface area contributed by atoms with Crippen molar-refractivity contribution in [3.63, 3.8) is 0 Å². The van der Waals surface area contributed by atoms with E-state index in [1.165, 1.54) is 6.20 Å². The minimum absolute atomic E-state index is 0.0848. The van der Waals surface area contributed by atoms with E-state index in [0.717, 1.165) is 22.1 Å². The molecule has 0 saturated heterocycles. The van der Waals surface area contributed by atoms with Gasteiger partial charge in [-0.05, 0) is 17.2 Å². The zero-order valence-corrected chi connectivity index (χ0v) is 12.8. The van der Waals surface area contributed by atoms with Crippen molar-refractivity contribution in [2.45, 2.75) is 5.75 Å². The Morgan fingerprint density at radius 1 is 1.17 bits per heavy atom. The average molecular weight is 327 g/mol. The van der Waals surface area contributed by atoms with Gasteiger partial charge in [-0.1, -0.05) is 24.3 Å². The fourth-order valence-electron chi connectivity index (χ4n) is 2.33. The number of nitrogens with zero attached hydrogens (tertiary/aromatic N) is 2. The molecular formula is C16H13N3O3S. The molecule has 0 saturated carbocycles. The van der Waals surface area contributed by atoms with Crippen LogP contribution in [-0.4, -0.2) is 24.6 Å². The fourth-order valence-corrected chi connectivity index (χ4v) is 2.81. The lowest BCUT2D eigenvalue weighted by Crippen LogP contribution is -2.11. The van der Waals surface area contributed by atoms with Crippen LogP contribution in [0.2, 0.25) is 0 Å². The standard InChI is InChI=1S/C16H13N3O3S/c17-16(20)12-5-13-14(7-18-8-15(13)19-6-12)11-3-1-10(2-4-11)9-23(21)22/h1-8H,9H2,(H2,17,20)(H,21,22). The number of amides is 1. The van der Waals surface area contributed by atoms with E-state index in [4.69, 9.17) is 10.3 Å². The summed E-state index contributed by atoms with van der Waals surface area (Å²) in [7, 11) is 0. The van der Waals surface area contributed by atoms with Crippen molar-refractivity contribution < 1.29 is 13.6 Å². The lowest BCUT2D eigenvalue weighted by molar-refractivity contribution is 0.1000. The molecule has 1 unspecified atom stereocenters. The van der Waals surface area contributed by atoms with E-state index in [9.17, 15) is 9.00 Å². The van der Waals surface area contributed by atoms with E-state index in [0.29, 0.717) is 11.1 Å². The second kappa shape index (κ2) is 6.23. The number of pyridine rings is 2. The number of benzene rings is 1. The molecule has 0 aliphatic rings. The van der Waals surface area contributed by atoms with Crippen LogP contribution < -0.4 is 5.73 Å². The van der Waals surface area contributed by atoms with Gasteiger partial charge in [0, 0.05) is 23.3 Å². The molecule has 3 N–H and O–H groups in total. The van der Waals surface area contributed by atoms with Gasteiger partial charge in [0.05, 0.1) is 23.0 Å². The highest BCUT2D eigenvalue weighted by Crippen LogP contribution is 2.27. The Hall–Kier alpha value is -2.64. The fraction of sp³-hybridized carbons (Fsp3) is 0.0625. The Morgan fingerprint density at radius 2 is 1.91 bits per heavy atom. The summed E-state index contributed by atoms with van der Waals surface area (Å²) in [4.78, 5) is 19.7. The van der Waals surface area contributed by atoms with Gasteiger partial charge in [0.2, 0.25) is 5.91 Å². The Kier molecular flexibility index (Phi) is 4.14. The maximum atomic E-state index is 11.4. The monoisotopic (exact) mass is 327 g/mol. The largest absolute Gasteiger partial charge is 0.366 e. The van der Waals surface area contributed by atoms with Crippen LogP contribution in [0.25, 0.3) is 22.0 Å². The first-order valence-corrected chi connectivity index (χ1v) is 8.02. The highest BCUT2D eigenvalue weighted by molar-refractivity contribution is 7.78. The summed E-state index contributed by atoms with van der Waals surface area (Å²) in [6.45, 7) is 0. The van der Waals surface area contributed by atoms with Gasteiger partial charge in [-0.2, -0.15) is 0 Å². The number of carbonyl (C=O) groups is 1. The van der Waals surface area contributed by atoms with Crippen molar-refractivity contribution in [1.29, 1.82) is 0 Å². The molecule has 1 atom stereocenters. The van der Waals surface area contributed by atoms with Gasteiger partial charge in [-0.3, -0.25) is 14.8 Å². The molecule has 0 bridgehead atoms. The zero-order valence-electron chi connectivity index (χ0n) is 12.0. The summed E-state index contributed by atoms with van der Waals surface area (Å²) in [5.74, 6) is -0.454.